The highest BCUT2D eigenvalue weighted by Gasteiger charge is 2.18. The molecule has 2 rings (SSSR count). The molecular weight excluding hydrogens is 288 g/mol. The number of carbonyl (C=O) groups excluding carboxylic acids is 1. The van der Waals surface area contributed by atoms with E-state index in [2.05, 4.69) is 5.32 Å². The van der Waals surface area contributed by atoms with Crippen LogP contribution in [0, 0.1) is 10.1 Å². The molecule has 0 aliphatic heterocycles. The van der Waals surface area contributed by atoms with Crippen molar-refractivity contribution < 1.29 is 9.72 Å². The molecule has 0 saturated heterocycles. The lowest BCUT2D eigenvalue weighted by atomic mass is 10.1. The summed E-state index contributed by atoms with van der Waals surface area (Å²) in [5, 5.41) is 13.6. The highest BCUT2D eigenvalue weighted by molar-refractivity contribution is 7.98. The first-order valence-corrected chi connectivity index (χ1v) is 7.49. The first-order valence-electron chi connectivity index (χ1n) is 6.26. The third-order valence-electron chi connectivity index (χ3n) is 2.96. The van der Waals surface area contributed by atoms with Gasteiger partial charge in [-0.15, -0.1) is 11.8 Å². The Hall–Kier alpha value is -2.34. The monoisotopic (exact) mass is 302 g/mol. The van der Waals surface area contributed by atoms with Gasteiger partial charge in [0.1, 0.15) is 5.56 Å². The van der Waals surface area contributed by atoms with Gasteiger partial charge in [0.05, 0.1) is 4.92 Å². The summed E-state index contributed by atoms with van der Waals surface area (Å²) >= 11 is 1.64. The van der Waals surface area contributed by atoms with E-state index >= 15 is 0 Å². The minimum absolute atomic E-state index is 0.0724. The molecule has 0 heterocycles. The van der Waals surface area contributed by atoms with Gasteiger partial charge in [0.15, 0.2) is 0 Å². The Morgan fingerprint density at radius 1 is 1.19 bits per heavy atom. The zero-order valence-corrected chi connectivity index (χ0v) is 12.2. The van der Waals surface area contributed by atoms with E-state index in [0.717, 1.165) is 10.5 Å². The van der Waals surface area contributed by atoms with Crippen LogP contribution in [0.2, 0.25) is 0 Å². The van der Waals surface area contributed by atoms with Crippen molar-refractivity contribution in [2.45, 2.75) is 11.4 Å². The van der Waals surface area contributed by atoms with Crippen LogP contribution in [-0.2, 0) is 6.54 Å². The Morgan fingerprint density at radius 2 is 1.86 bits per heavy atom. The summed E-state index contributed by atoms with van der Waals surface area (Å²) < 4.78 is 0. The number of benzene rings is 2. The fourth-order valence-corrected chi connectivity index (χ4v) is 2.25. The number of nitrogens with one attached hydrogen (secondary N) is 1. The quantitative estimate of drug-likeness (QED) is 0.523. The second-order valence-corrected chi connectivity index (χ2v) is 5.18. The molecule has 0 unspecified atom stereocenters. The molecule has 0 atom stereocenters. The third-order valence-corrected chi connectivity index (χ3v) is 3.70. The van der Waals surface area contributed by atoms with Gasteiger partial charge in [0.25, 0.3) is 11.6 Å². The molecule has 2 aromatic carbocycles. The lowest BCUT2D eigenvalue weighted by Crippen LogP contribution is -2.23. The van der Waals surface area contributed by atoms with Crippen LogP contribution in [0.15, 0.2) is 53.4 Å². The summed E-state index contributed by atoms with van der Waals surface area (Å²) in [7, 11) is 0. The smallest absolute Gasteiger partial charge is 0.282 e. The van der Waals surface area contributed by atoms with E-state index in [0.29, 0.717) is 6.54 Å². The molecule has 0 radical (unpaired) electrons. The summed E-state index contributed by atoms with van der Waals surface area (Å²) in [5.41, 5.74) is 0.829. The number of thioether (sulfide) groups is 1. The zero-order chi connectivity index (χ0) is 15.2. The molecule has 0 aromatic heterocycles. The second-order valence-electron chi connectivity index (χ2n) is 4.31. The lowest BCUT2D eigenvalue weighted by molar-refractivity contribution is -0.385. The maximum absolute atomic E-state index is 12.0. The van der Waals surface area contributed by atoms with Gasteiger partial charge in [-0.3, -0.25) is 14.9 Å². The number of hydrogen-bond donors (Lipinski definition) is 1. The minimum atomic E-state index is -0.553. The van der Waals surface area contributed by atoms with Crippen molar-refractivity contribution in [2.24, 2.45) is 0 Å². The number of nitro groups is 1. The number of amides is 1. The SMILES string of the molecule is CSc1ccc(CNC(=O)c2ccccc2[N+](=O)[O-])cc1. The Bertz CT molecular complexity index is 656. The summed E-state index contributed by atoms with van der Waals surface area (Å²) in [6.45, 7) is 0.333. The van der Waals surface area contributed by atoms with Crippen LogP contribution in [-0.4, -0.2) is 17.1 Å². The average Bonchev–Trinajstić information content (AvgIpc) is 2.53. The molecule has 0 saturated carbocycles. The van der Waals surface area contributed by atoms with E-state index in [1.54, 1.807) is 17.8 Å². The van der Waals surface area contributed by atoms with Crippen LogP contribution in [0.5, 0.6) is 0 Å². The Labute approximate surface area is 126 Å². The summed E-state index contributed by atoms with van der Waals surface area (Å²) in [6.07, 6.45) is 1.99. The second kappa shape index (κ2) is 6.90. The third kappa shape index (κ3) is 3.82. The van der Waals surface area contributed by atoms with E-state index in [-0.39, 0.29) is 11.3 Å². The largest absolute Gasteiger partial charge is 0.348 e. The van der Waals surface area contributed by atoms with Crippen molar-refractivity contribution in [2.75, 3.05) is 6.26 Å². The number of carbonyl (C=O) groups is 1. The predicted octanol–water partition coefficient (Wildman–Crippen LogP) is 3.25. The van der Waals surface area contributed by atoms with Gasteiger partial charge >= 0.3 is 0 Å². The molecule has 0 aliphatic carbocycles. The molecule has 0 bridgehead atoms. The van der Waals surface area contributed by atoms with Gasteiger partial charge in [-0.05, 0) is 30.0 Å². The molecule has 0 spiro atoms. The lowest BCUT2D eigenvalue weighted by Gasteiger charge is -2.06. The van der Waals surface area contributed by atoms with E-state index in [9.17, 15) is 14.9 Å². The fourth-order valence-electron chi connectivity index (χ4n) is 1.85. The van der Waals surface area contributed by atoms with Gasteiger partial charge in [-0.2, -0.15) is 0 Å². The topological polar surface area (TPSA) is 72.2 Å². The van der Waals surface area contributed by atoms with Gasteiger partial charge in [-0.1, -0.05) is 24.3 Å². The van der Waals surface area contributed by atoms with E-state index in [4.69, 9.17) is 0 Å². The van der Waals surface area contributed by atoms with Crippen LogP contribution in [0.4, 0.5) is 5.69 Å². The average molecular weight is 302 g/mol. The fraction of sp³-hybridized carbons (Fsp3) is 0.133. The van der Waals surface area contributed by atoms with E-state index in [1.807, 2.05) is 30.5 Å². The highest BCUT2D eigenvalue weighted by Crippen LogP contribution is 2.18. The van der Waals surface area contributed by atoms with Crippen molar-refractivity contribution in [1.29, 1.82) is 0 Å². The Balaban J connectivity index is 2.06. The van der Waals surface area contributed by atoms with Crippen LogP contribution < -0.4 is 5.32 Å². The van der Waals surface area contributed by atoms with Crippen LogP contribution in [0.25, 0.3) is 0 Å². The zero-order valence-electron chi connectivity index (χ0n) is 11.4. The summed E-state index contributed by atoms with van der Waals surface area (Å²) in [6, 6.07) is 13.7. The van der Waals surface area contributed by atoms with Gasteiger partial charge in [0, 0.05) is 17.5 Å². The normalized spacial score (nSPS) is 10.1. The first-order chi connectivity index (χ1) is 10.1. The van der Waals surface area contributed by atoms with Crippen LogP contribution >= 0.6 is 11.8 Å². The van der Waals surface area contributed by atoms with Crippen LogP contribution in [0.1, 0.15) is 15.9 Å². The van der Waals surface area contributed by atoms with Gasteiger partial charge < -0.3 is 5.32 Å². The molecule has 0 fully saturated rings. The molecule has 1 N–H and O–H groups in total. The number of nitro benzene ring substituents is 1. The first kappa shape index (κ1) is 15.1. The van der Waals surface area contributed by atoms with E-state index < -0.39 is 10.8 Å². The van der Waals surface area contributed by atoms with E-state index in [1.165, 1.54) is 18.2 Å². The Kier molecular flexibility index (Phi) is 4.94. The van der Waals surface area contributed by atoms with Crippen molar-refractivity contribution >= 4 is 23.4 Å². The van der Waals surface area contributed by atoms with Crippen molar-refractivity contribution in [3.05, 3.63) is 69.8 Å². The molecule has 108 valence electrons. The maximum Gasteiger partial charge on any atom is 0.282 e. The highest BCUT2D eigenvalue weighted by atomic mass is 32.2. The number of para-hydroxylation sites is 1. The van der Waals surface area contributed by atoms with Crippen molar-refractivity contribution in [3.63, 3.8) is 0 Å². The molecule has 0 aliphatic rings. The predicted molar refractivity (Wildman–Crippen MR) is 82.5 cm³/mol. The standard InChI is InChI=1S/C15H14N2O3S/c1-21-12-8-6-11(7-9-12)10-16-15(18)13-4-2-3-5-14(13)17(19)20/h2-9H,10H2,1H3,(H,16,18). The number of nitrogens with zero attached hydrogens (tertiary/aromatic N) is 1. The summed E-state index contributed by atoms with van der Waals surface area (Å²) in [4.78, 5) is 23.5. The van der Waals surface area contributed by atoms with Gasteiger partial charge in [-0.25, -0.2) is 0 Å². The van der Waals surface area contributed by atoms with Crippen molar-refractivity contribution in [1.82, 2.24) is 5.32 Å². The molecule has 6 heteroatoms. The Morgan fingerprint density at radius 3 is 2.48 bits per heavy atom. The minimum Gasteiger partial charge on any atom is -0.348 e. The number of hydrogen-bond acceptors (Lipinski definition) is 4. The van der Waals surface area contributed by atoms with Crippen LogP contribution in [0.3, 0.4) is 0 Å². The summed E-state index contributed by atoms with van der Waals surface area (Å²) in [5.74, 6) is -0.448. The molecule has 5 nitrogen and oxygen atoms in total. The van der Waals surface area contributed by atoms with Gasteiger partial charge in [0.2, 0.25) is 0 Å². The molecule has 2 aromatic rings. The molecule has 21 heavy (non-hydrogen) atoms. The maximum atomic E-state index is 12.0. The molecular formula is C15H14N2O3S. The number of rotatable bonds is 5. The van der Waals surface area contributed by atoms with Crippen molar-refractivity contribution in [3.8, 4) is 0 Å². The molecule has 1 amide bonds.